The number of hydrogen-bond donors (Lipinski definition) is 2. The number of amides is 2. The Labute approximate surface area is 153 Å². The van der Waals surface area contributed by atoms with Crippen LogP contribution in [0.25, 0.3) is 0 Å². The summed E-state index contributed by atoms with van der Waals surface area (Å²) in [6, 6.07) is 8.99. The number of carbonyl (C=O) groups is 2. The van der Waals surface area contributed by atoms with Gasteiger partial charge in [0.1, 0.15) is 0 Å². The summed E-state index contributed by atoms with van der Waals surface area (Å²) in [7, 11) is 2.85. The quantitative estimate of drug-likeness (QED) is 0.805. The molecule has 2 amide bonds. The molecule has 6 nitrogen and oxygen atoms in total. The van der Waals surface area contributed by atoms with Crippen molar-refractivity contribution < 1.29 is 32.2 Å². The lowest BCUT2D eigenvalue weighted by Crippen LogP contribution is -2.33. The number of methoxy groups -OCH3 is 2. The van der Waals surface area contributed by atoms with Crippen molar-refractivity contribution in [1.82, 2.24) is 5.32 Å². The maximum Gasteiger partial charge on any atom is 0.418 e. The van der Waals surface area contributed by atoms with E-state index in [-0.39, 0.29) is 11.3 Å². The molecule has 0 aliphatic carbocycles. The Hall–Kier alpha value is -3.23. The number of ether oxygens (including phenoxy) is 2. The van der Waals surface area contributed by atoms with Crippen LogP contribution in [-0.4, -0.2) is 32.6 Å². The fourth-order valence-electron chi connectivity index (χ4n) is 2.27. The summed E-state index contributed by atoms with van der Waals surface area (Å²) >= 11 is 0. The second-order valence-electron chi connectivity index (χ2n) is 5.34. The first-order valence-corrected chi connectivity index (χ1v) is 7.72. The van der Waals surface area contributed by atoms with E-state index in [0.29, 0.717) is 11.5 Å². The molecule has 0 aliphatic rings. The Kier molecular flexibility index (Phi) is 6.27. The summed E-state index contributed by atoms with van der Waals surface area (Å²) in [6.07, 6.45) is -4.60. The lowest BCUT2D eigenvalue weighted by Gasteiger charge is -2.14. The number of nitrogens with one attached hydrogen (secondary N) is 2. The first-order valence-electron chi connectivity index (χ1n) is 7.72. The van der Waals surface area contributed by atoms with Crippen LogP contribution in [0.5, 0.6) is 11.5 Å². The van der Waals surface area contributed by atoms with E-state index in [0.717, 1.165) is 12.1 Å². The van der Waals surface area contributed by atoms with Crippen molar-refractivity contribution in [2.24, 2.45) is 0 Å². The molecule has 0 bridgehead atoms. The second-order valence-corrected chi connectivity index (χ2v) is 5.34. The van der Waals surface area contributed by atoms with Gasteiger partial charge in [-0.25, -0.2) is 0 Å². The van der Waals surface area contributed by atoms with Crippen LogP contribution in [0, 0.1) is 0 Å². The summed E-state index contributed by atoms with van der Waals surface area (Å²) in [5.41, 5.74) is -1.14. The van der Waals surface area contributed by atoms with E-state index in [4.69, 9.17) is 9.47 Å². The predicted molar refractivity (Wildman–Crippen MR) is 92.0 cm³/mol. The van der Waals surface area contributed by atoms with Gasteiger partial charge in [-0.3, -0.25) is 9.59 Å². The minimum absolute atomic E-state index is 0.205. The third-order valence-corrected chi connectivity index (χ3v) is 3.56. The molecule has 0 atom stereocenters. The Morgan fingerprint density at radius 2 is 1.67 bits per heavy atom. The molecular weight excluding hydrogens is 365 g/mol. The fraction of sp³-hybridized carbons (Fsp3) is 0.222. The number of hydrogen-bond acceptors (Lipinski definition) is 4. The van der Waals surface area contributed by atoms with Gasteiger partial charge in [0.05, 0.1) is 32.0 Å². The molecule has 2 N–H and O–H groups in total. The van der Waals surface area contributed by atoms with E-state index in [1.807, 2.05) is 0 Å². The van der Waals surface area contributed by atoms with Gasteiger partial charge in [0.25, 0.3) is 5.91 Å². The molecule has 0 fully saturated rings. The number of benzene rings is 2. The summed E-state index contributed by atoms with van der Waals surface area (Å²) < 4.78 is 48.9. The van der Waals surface area contributed by atoms with Crippen LogP contribution in [0.2, 0.25) is 0 Å². The van der Waals surface area contributed by atoms with Crippen LogP contribution in [0.4, 0.5) is 18.9 Å². The Morgan fingerprint density at radius 1 is 1.00 bits per heavy atom. The zero-order valence-electron chi connectivity index (χ0n) is 14.5. The molecular formula is C18H17F3N2O4. The molecule has 0 radical (unpaired) electrons. The highest BCUT2D eigenvalue weighted by Crippen LogP contribution is 2.34. The highest BCUT2D eigenvalue weighted by molar-refractivity contribution is 5.99. The van der Waals surface area contributed by atoms with Crippen molar-refractivity contribution in [2.75, 3.05) is 26.1 Å². The third kappa shape index (κ3) is 5.13. The third-order valence-electron chi connectivity index (χ3n) is 3.56. The lowest BCUT2D eigenvalue weighted by atomic mass is 10.1. The molecule has 0 saturated carbocycles. The van der Waals surface area contributed by atoms with Gasteiger partial charge in [0.2, 0.25) is 5.91 Å². The molecule has 27 heavy (non-hydrogen) atoms. The van der Waals surface area contributed by atoms with Crippen LogP contribution < -0.4 is 20.1 Å². The topological polar surface area (TPSA) is 76.7 Å². The molecule has 9 heteroatoms. The average Bonchev–Trinajstić information content (AvgIpc) is 2.65. The molecule has 0 unspecified atom stereocenters. The maximum atomic E-state index is 12.9. The Bertz CT molecular complexity index is 838. The van der Waals surface area contributed by atoms with Crippen molar-refractivity contribution in [2.45, 2.75) is 6.18 Å². The zero-order chi connectivity index (χ0) is 20.0. The molecule has 0 aromatic heterocycles. The van der Waals surface area contributed by atoms with Crippen LogP contribution >= 0.6 is 0 Å². The minimum atomic E-state index is -4.60. The normalized spacial score (nSPS) is 10.9. The first kappa shape index (κ1) is 20.1. The van der Waals surface area contributed by atoms with E-state index in [1.54, 1.807) is 0 Å². The smallest absolute Gasteiger partial charge is 0.418 e. The van der Waals surface area contributed by atoms with Gasteiger partial charge in [-0.05, 0) is 30.3 Å². The van der Waals surface area contributed by atoms with Gasteiger partial charge in [-0.15, -0.1) is 0 Å². The lowest BCUT2D eigenvalue weighted by molar-refractivity contribution is -0.137. The van der Waals surface area contributed by atoms with Gasteiger partial charge in [0, 0.05) is 5.56 Å². The number of halogens is 3. The van der Waals surface area contributed by atoms with Gasteiger partial charge in [-0.2, -0.15) is 13.2 Å². The molecule has 2 aromatic rings. The van der Waals surface area contributed by atoms with Crippen molar-refractivity contribution in [3.05, 3.63) is 53.6 Å². The first-order chi connectivity index (χ1) is 12.8. The highest BCUT2D eigenvalue weighted by atomic mass is 19.4. The number of para-hydroxylation sites is 1. The summed E-state index contributed by atoms with van der Waals surface area (Å²) in [5, 5.41) is 4.48. The Balaban J connectivity index is 2.01. The van der Waals surface area contributed by atoms with Crippen LogP contribution in [0.15, 0.2) is 42.5 Å². The molecule has 0 aliphatic heterocycles. The molecule has 0 heterocycles. The van der Waals surface area contributed by atoms with Crippen molar-refractivity contribution in [1.29, 1.82) is 0 Å². The fourth-order valence-corrected chi connectivity index (χ4v) is 2.27. The minimum Gasteiger partial charge on any atom is -0.493 e. The summed E-state index contributed by atoms with van der Waals surface area (Å²) in [5.74, 6) is -0.625. The second kappa shape index (κ2) is 8.43. The molecule has 0 saturated heterocycles. The van der Waals surface area contributed by atoms with E-state index in [9.17, 15) is 22.8 Å². The molecule has 0 spiro atoms. The van der Waals surface area contributed by atoms with E-state index in [2.05, 4.69) is 10.6 Å². The number of rotatable bonds is 6. The van der Waals surface area contributed by atoms with Crippen molar-refractivity contribution in [3.8, 4) is 11.5 Å². The van der Waals surface area contributed by atoms with Gasteiger partial charge < -0.3 is 20.1 Å². The summed E-state index contributed by atoms with van der Waals surface area (Å²) in [4.78, 5) is 24.0. The highest BCUT2D eigenvalue weighted by Gasteiger charge is 2.33. The number of alkyl halides is 3. The van der Waals surface area contributed by atoms with Crippen LogP contribution in [0.3, 0.4) is 0 Å². The average molecular weight is 382 g/mol. The SMILES string of the molecule is COc1ccc(C(=O)NCC(=O)Nc2ccccc2C(F)(F)F)cc1OC. The summed E-state index contributed by atoms with van der Waals surface area (Å²) in [6.45, 7) is -0.501. The van der Waals surface area contributed by atoms with Crippen LogP contribution in [-0.2, 0) is 11.0 Å². The standard InChI is InChI=1S/C18H17F3N2O4/c1-26-14-8-7-11(9-15(14)27-2)17(25)22-10-16(24)23-13-6-4-3-5-12(13)18(19,20)21/h3-9H,10H2,1-2H3,(H,22,25)(H,23,24). The Morgan fingerprint density at radius 3 is 2.30 bits per heavy atom. The van der Waals surface area contributed by atoms with Crippen molar-refractivity contribution >= 4 is 17.5 Å². The largest absolute Gasteiger partial charge is 0.493 e. The zero-order valence-corrected chi connectivity index (χ0v) is 14.5. The molecule has 144 valence electrons. The monoisotopic (exact) mass is 382 g/mol. The van der Waals surface area contributed by atoms with Crippen LogP contribution in [0.1, 0.15) is 15.9 Å². The molecule has 2 aromatic carbocycles. The maximum absolute atomic E-state index is 12.9. The van der Waals surface area contributed by atoms with Gasteiger partial charge in [0.15, 0.2) is 11.5 Å². The van der Waals surface area contributed by atoms with E-state index < -0.39 is 30.1 Å². The number of anilines is 1. The van der Waals surface area contributed by atoms with Gasteiger partial charge >= 0.3 is 6.18 Å². The predicted octanol–water partition coefficient (Wildman–Crippen LogP) is 3.09. The molecule has 2 rings (SSSR count). The van der Waals surface area contributed by atoms with Crippen molar-refractivity contribution in [3.63, 3.8) is 0 Å². The van der Waals surface area contributed by atoms with E-state index in [1.165, 1.54) is 44.6 Å². The number of carbonyl (C=O) groups excluding carboxylic acids is 2. The van der Waals surface area contributed by atoms with Gasteiger partial charge in [-0.1, -0.05) is 12.1 Å². The van der Waals surface area contributed by atoms with E-state index >= 15 is 0 Å².